The number of aliphatic hydroxyl groups is 2. The molecule has 0 spiro atoms. The highest BCUT2D eigenvalue weighted by Gasteiger charge is 2.22. The van der Waals surface area contributed by atoms with E-state index in [1.165, 1.54) is 6.92 Å². The molecule has 1 aromatic rings. The molecule has 18 heavy (non-hydrogen) atoms. The number of hydrazine groups is 1. The van der Waals surface area contributed by atoms with Crippen LogP contribution in [-0.2, 0) is 0 Å². The van der Waals surface area contributed by atoms with E-state index in [1.54, 1.807) is 0 Å². The Morgan fingerprint density at radius 1 is 1.67 bits per heavy atom. The standard InChI is InChI=1S/C8H14N6O4/c1-8(16,4-15)3-11-6-5(14(17)18)2-10-7(12-6)13-9/h2,15-16H,3-4,9H2,1H3,(H2,10,11,12,13). The lowest BCUT2D eigenvalue weighted by molar-refractivity contribution is -0.384. The molecule has 10 nitrogen and oxygen atoms in total. The van der Waals surface area contributed by atoms with Crippen LogP contribution in [0.1, 0.15) is 6.92 Å². The number of aliphatic hydroxyl groups excluding tert-OH is 1. The van der Waals surface area contributed by atoms with Gasteiger partial charge in [-0.05, 0) is 6.92 Å². The first-order valence-corrected chi connectivity index (χ1v) is 4.95. The van der Waals surface area contributed by atoms with Gasteiger partial charge in [-0.2, -0.15) is 4.98 Å². The molecular formula is C8H14N6O4. The molecule has 1 heterocycles. The van der Waals surface area contributed by atoms with E-state index in [-0.39, 0.29) is 24.0 Å². The second-order valence-electron chi connectivity index (χ2n) is 3.84. The van der Waals surface area contributed by atoms with Crippen LogP contribution in [0.4, 0.5) is 17.5 Å². The fraction of sp³-hybridized carbons (Fsp3) is 0.500. The van der Waals surface area contributed by atoms with Crippen LogP contribution in [-0.4, -0.2) is 43.9 Å². The molecule has 0 aliphatic carbocycles. The molecule has 0 bridgehead atoms. The zero-order valence-electron chi connectivity index (χ0n) is 9.62. The van der Waals surface area contributed by atoms with Crippen molar-refractivity contribution in [2.24, 2.45) is 5.84 Å². The molecule has 0 aliphatic rings. The number of nitro groups is 1. The minimum atomic E-state index is -1.42. The zero-order chi connectivity index (χ0) is 13.8. The minimum absolute atomic E-state index is 0.00765. The van der Waals surface area contributed by atoms with Crippen molar-refractivity contribution in [1.29, 1.82) is 0 Å². The first kappa shape index (κ1) is 14.0. The van der Waals surface area contributed by atoms with Crippen molar-refractivity contribution < 1.29 is 15.1 Å². The Morgan fingerprint density at radius 3 is 2.83 bits per heavy atom. The fourth-order valence-electron chi connectivity index (χ4n) is 1.04. The lowest BCUT2D eigenvalue weighted by atomic mass is 10.1. The number of hydrogen-bond donors (Lipinski definition) is 5. The molecule has 0 aromatic carbocycles. The summed E-state index contributed by atoms with van der Waals surface area (Å²) in [5.74, 6) is 4.98. The molecule has 1 rings (SSSR count). The number of nitrogens with zero attached hydrogens (tertiary/aromatic N) is 3. The molecule has 0 saturated carbocycles. The predicted molar refractivity (Wildman–Crippen MR) is 62.7 cm³/mol. The lowest BCUT2D eigenvalue weighted by Crippen LogP contribution is -2.37. The lowest BCUT2D eigenvalue weighted by Gasteiger charge is -2.20. The molecule has 0 saturated heterocycles. The summed E-state index contributed by atoms with van der Waals surface area (Å²) < 4.78 is 0. The maximum absolute atomic E-state index is 10.7. The molecule has 1 atom stereocenters. The normalized spacial score (nSPS) is 13.8. The molecule has 0 radical (unpaired) electrons. The highest BCUT2D eigenvalue weighted by molar-refractivity contribution is 5.56. The quantitative estimate of drug-likeness (QED) is 0.240. The Bertz CT molecular complexity index is 438. The summed E-state index contributed by atoms with van der Waals surface area (Å²) in [4.78, 5) is 17.4. The Balaban J connectivity index is 2.94. The zero-order valence-corrected chi connectivity index (χ0v) is 9.62. The van der Waals surface area contributed by atoms with Gasteiger partial charge in [-0.1, -0.05) is 0 Å². The van der Waals surface area contributed by atoms with Crippen molar-refractivity contribution in [1.82, 2.24) is 9.97 Å². The third-order valence-corrected chi connectivity index (χ3v) is 2.07. The maximum Gasteiger partial charge on any atom is 0.329 e. The second kappa shape index (κ2) is 5.53. The van der Waals surface area contributed by atoms with E-state index in [1.807, 2.05) is 0 Å². The van der Waals surface area contributed by atoms with Gasteiger partial charge in [-0.15, -0.1) is 0 Å². The van der Waals surface area contributed by atoms with E-state index >= 15 is 0 Å². The van der Waals surface area contributed by atoms with Gasteiger partial charge in [0, 0.05) is 6.54 Å². The largest absolute Gasteiger partial charge is 0.393 e. The van der Waals surface area contributed by atoms with E-state index in [0.717, 1.165) is 6.20 Å². The minimum Gasteiger partial charge on any atom is -0.393 e. The van der Waals surface area contributed by atoms with Crippen LogP contribution in [0.25, 0.3) is 0 Å². The van der Waals surface area contributed by atoms with Crippen molar-refractivity contribution in [3.63, 3.8) is 0 Å². The average molecular weight is 258 g/mol. The van der Waals surface area contributed by atoms with Gasteiger partial charge in [-0.3, -0.25) is 15.5 Å². The number of nitrogens with one attached hydrogen (secondary N) is 2. The van der Waals surface area contributed by atoms with Gasteiger partial charge in [0.1, 0.15) is 11.8 Å². The van der Waals surface area contributed by atoms with Crippen molar-refractivity contribution in [2.45, 2.75) is 12.5 Å². The monoisotopic (exact) mass is 258 g/mol. The van der Waals surface area contributed by atoms with Gasteiger partial charge in [0.25, 0.3) is 0 Å². The van der Waals surface area contributed by atoms with Gasteiger partial charge in [0.05, 0.1) is 11.5 Å². The number of rotatable bonds is 6. The van der Waals surface area contributed by atoms with E-state index in [9.17, 15) is 15.2 Å². The van der Waals surface area contributed by atoms with Crippen LogP contribution in [0.15, 0.2) is 6.20 Å². The molecule has 1 unspecified atom stereocenters. The fourth-order valence-corrected chi connectivity index (χ4v) is 1.04. The van der Waals surface area contributed by atoms with Crippen LogP contribution in [0.2, 0.25) is 0 Å². The first-order valence-electron chi connectivity index (χ1n) is 4.95. The van der Waals surface area contributed by atoms with E-state index in [2.05, 4.69) is 20.7 Å². The van der Waals surface area contributed by atoms with Gasteiger partial charge >= 0.3 is 5.69 Å². The summed E-state index contributed by atoms with van der Waals surface area (Å²) in [6, 6.07) is 0. The molecule has 10 heteroatoms. The summed E-state index contributed by atoms with van der Waals surface area (Å²) in [6.45, 7) is 0.751. The predicted octanol–water partition coefficient (Wildman–Crippen LogP) is -1.17. The Kier molecular flexibility index (Phi) is 4.31. The van der Waals surface area contributed by atoms with Crippen LogP contribution in [0.3, 0.4) is 0 Å². The number of hydrogen-bond acceptors (Lipinski definition) is 9. The number of aromatic nitrogens is 2. The highest BCUT2D eigenvalue weighted by Crippen LogP contribution is 2.22. The van der Waals surface area contributed by atoms with Crippen molar-refractivity contribution >= 4 is 17.5 Å². The summed E-state index contributed by atoms with van der Waals surface area (Å²) >= 11 is 0. The summed E-state index contributed by atoms with van der Waals surface area (Å²) in [5.41, 5.74) is 0.368. The van der Waals surface area contributed by atoms with Crippen molar-refractivity contribution in [2.75, 3.05) is 23.9 Å². The Morgan fingerprint density at radius 2 is 2.33 bits per heavy atom. The molecule has 0 aliphatic heterocycles. The van der Waals surface area contributed by atoms with Crippen molar-refractivity contribution in [3.8, 4) is 0 Å². The number of nitrogen functional groups attached to an aromatic ring is 1. The average Bonchev–Trinajstić information content (AvgIpc) is 2.36. The molecule has 0 fully saturated rings. The molecule has 1 aromatic heterocycles. The van der Waals surface area contributed by atoms with Gasteiger partial charge in [0.15, 0.2) is 0 Å². The van der Waals surface area contributed by atoms with E-state index in [4.69, 9.17) is 10.9 Å². The molecule has 0 amide bonds. The third kappa shape index (κ3) is 3.48. The van der Waals surface area contributed by atoms with E-state index < -0.39 is 17.1 Å². The third-order valence-electron chi connectivity index (χ3n) is 2.07. The summed E-state index contributed by atoms with van der Waals surface area (Å²) in [6.07, 6.45) is 0.984. The van der Waals surface area contributed by atoms with E-state index in [0.29, 0.717) is 0 Å². The summed E-state index contributed by atoms with van der Waals surface area (Å²) in [5, 5.41) is 31.7. The Hall–Kier alpha value is -2.04. The van der Waals surface area contributed by atoms with Gasteiger partial charge < -0.3 is 15.5 Å². The highest BCUT2D eigenvalue weighted by atomic mass is 16.6. The SMILES string of the molecule is CC(O)(CO)CNc1nc(NN)ncc1[N+](=O)[O-]. The number of nitrogens with two attached hydrogens (primary N) is 1. The van der Waals surface area contributed by atoms with Crippen LogP contribution in [0.5, 0.6) is 0 Å². The van der Waals surface area contributed by atoms with Crippen LogP contribution >= 0.6 is 0 Å². The second-order valence-corrected chi connectivity index (χ2v) is 3.84. The van der Waals surface area contributed by atoms with Gasteiger partial charge in [0.2, 0.25) is 11.8 Å². The van der Waals surface area contributed by atoms with Crippen LogP contribution in [0, 0.1) is 10.1 Å². The van der Waals surface area contributed by atoms with Crippen LogP contribution < -0.4 is 16.6 Å². The van der Waals surface area contributed by atoms with Crippen molar-refractivity contribution in [3.05, 3.63) is 16.3 Å². The topological polar surface area (TPSA) is 159 Å². The number of anilines is 2. The molecule has 6 N–H and O–H groups in total. The molecule has 100 valence electrons. The Labute approximate surface area is 102 Å². The smallest absolute Gasteiger partial charge is 0.329 e. The summed E-state index contributed by atoms with van der Waals surface area (Å²) in [7, 11) is 0. The van der Waals surface area contributed by atoms with Gasteiger partial charge in [-0.25, -0.2) is 10.8 Å². The first-order chi connectivity index (χ1) is 8.39. The maximum atomic E-state index is 10.7. The molecular weight excluding hydrogens is 244 g/mol.